The summed E-state index contributed by atoms with van der Waals surface area (Å²) in [6.45, 7) is 0.374. The minimum Gasteiger partial charge on any atom is -0.375 e. The van der Waals surface area contributed by atoms with Crippen LogP contribution in [0.3, 0.4) is 0 Å². The van der Waals surface area contributed by atoms with E-state index in [1.807, 2.05) is 0 Å². The Morgan fingerprint density at radius 2 is 2.19 bits per heavy atom. The summed E-state index contributed by atoms with van der Waals surface area (Å²) in [4.78, 5) is 17.1. The maximum absolute atomic E-state index is 14.2. The lowest BCUT2D eigenvalue weighted by molar-refractivity contribution is -0.135. The molecule has 3 rings (SSSR count). The topological polar surface area (TPSA) is 79.8 Å². The predicted octanol–water partition coefficient (Wildman–Crippen LogP) is 1.24. The van der Waals surface area contributed by atoms with Crippen LogP contribution in [-0.4, -0.2) is 68.4 Å². The van der Waals surface area contributed by atoms with E-state index >= 15 is 0 Å². The van der Waals surface area contributed by atoms with Crippen LogP contribution in [0, 0.1) is 5.82 Å². The number of methoxy groups -OCH3 is 1. The van der Waals surface area contributed by atoms with Crippen molar-refractivity contribution in [2.75, 3.05) is 33.9 Å². The number of nitrogens with zero attached hydrogens (tertiary/aromatic N) is 3. The minimum absolute atomic E-state index is 0.0368. The first-order valence-corrected chi connectivity index (χ1v) is 9.57. The SMILES string of the molecule is COCC(=O)N(C)[C@@H]1CCN(S(=O)(=O)c2cccc3cncc(F)c23)C1. The molecule has 1 aromatic carbocycles. The van der Waals surface area contributed by atoms with Gasteiger partial charge in [0.25, 0.3) is 0 Å². The van der Waals surface area contributed by atoms with Crippen LogP contribution in [-0.2, 0) is 19.6 Å². The molecule has 2 aromatic rings. The van der Waals surface area contributed by atoms with E-state index < -0.39 is 15.8 Å². The molecule has 9 heteroatoms. The van der Waals surface area contributed by atoms with Crippen LogP contribution >= 0.6 is 0 Å². The number of fused-ring (bicyclic) bond motifs is 1. The molecule has 1 aromatic heterocycles. The van der Waals surface area contributed by atoms with E-state index in [2.05, 4.69) is 4.98 Å². The zero-order valence-electron chi connectivity index (χ0n) is 14.6. The second kappa shape index (κ2) is 7.26. The monoisotopic (exact) mass is 381 g/mol. The Balaban J connectivity index is 1.90. The zero-order chi connectivity index (χ0) is 18.9. The molecule has 1 atom stereocenters. The van der Waals surface area contributed by atoms with Crippen molar-refractivity contribution in [3.63, 3.8) is 0 Å². The first-order valence-electron chi connectivity index (χ1n) is 8.13. The van der Waals surface area contributed by atoms with E-state index in [-0.39, 0.29) is 41.9 Å². The van der Waals surface area contributed by atoms with Gasteiger partial charge >= 0.3 is 0 Å². The highest BCUT2D eigenvalue weighted by Crippen LogP contribution is 2.30. The third kappa shape index (κ3) is 3.29. The molecule has 26 heavy (non-hydrogen) atoms. The largest absolute Gasteiger partial charge is 0.375 e. The Morgan fingerprint density at radius 3 is 2.92 bits per heavy atom. The van der Waals surface area contributed by atoms with Crippen molar-refractivity contribution in [1.29, 1.82) is 0 Å². The summed E-state index contributed by atoms with van der Waals surface area (Å²) in [5.41, 5.74) is 0. The van der Waals surface area contributed by atoms with Gasteiger partial charge in [-0.1, -0.05) is 12.1 Å². The van der Waals surface area contributed by atoms with Gasteiger partial charge in [-0.05, 0) is 12.5 Å². The lowest BCUT2D eigenvalue weighted by Crippen LogP contribution is -2.41. The summed E-state index contributed by atoms with van der Waals surface area (Å²) in [7, 11) is -0.834. The molecular formula is C17H20FN3O4S. The van der Waals surface area contributed by atoms with Gasteiger partial charge in [0.2, 0.25) is 15.9 Å². The van der Waals surface area contributed by atoms with Crippen molar-refractivity contribution in [2.45, 2.75) is 17.4 Å². The molecule has 1 amide bonds. The van der Waals surface area contributed by atoms with E-state index in [1.165, 1.54) is 28.6 Å². The first-order chi connectivity index (χ1) is 12.4. The molecule has 0 spiro atoms. The van der Waals surface area contributed by atoms with Gasteiger partial charge < -0.3 is 9.64 Å². The predicted molar refractivity (Wildman–Crippen MR) is 93.5 cm³/mol. The Labute approximate surface area is 151 Å². The van der Waals surface area contributed by atoms with Gasteiger partial charge in [0.15, 0.2) is 5.82 Å². The molecule has 0 unspecified atom stereocenters. The van der Waals surface area contributed by atoms with E-state index in [0.29, 0.717) is 11.8 Å². The number of sulfonamides is 1. The van der Waals surface area contributed by atoms with E-state index in [1.54, 1.807) is 19.2 Å². The number of carbonyl (C=O) groups excluding carboxylic acids is 1. The van der Waals surface area contributed by atoms with Gasteiger partial charge in [-0.2, -0.15) is 4.31 Å². The van der Waals surface area contributed by atoms with Crippen LogP contribution in [0.2, 0.25) is 0 Å². The number of aromatic nitrogens is 1. The molecule has 140 valence electrons. The van der Waals surface area contributed by atoms with Gasteiger partial charge in [0.1, 0.15) is 6.61 Å². The van der Waals surface area contributed by atoms with Crippen molar-refractivity contribution >= 4 is 26.7 Å². The molecule has 1 aliphatic rings. The highest BCUT2D eigenvalue weighted by Gasteiger charge is 2.36. The highest BCUT2D eigenvalue weighted by molar-refractivity contribution is 7.89. The summed E-state index contributed by atoms with van der Waals surface area (Å²) in [5.74, 6) is -0.885. The van der Waals surface area contributed by atoms with Crippen molar-refractivity contribution < 1.29 is 22.3 Å². The molecule has 0 saturated carbocycles. The van der Waals surface area contributed by atoms with Crippen molar-refractivity contribution in [2.24, 2.45) is 0 Å². The Hall–Kier alpha value is -2.10. The van der Waals surface area contributed by atoms with E-state index in [0.717, 1.165) is 6.20 Å². The lowest BCUT2D eigenvalue weighted by Gasteiger charge is -2.24. The molecule has 1 saturated heterocycles. The van der Waals surface area contributed by atoms with Gasteiger partial charge in [-0.25, -0.2) is 12.8 Å². The van der Waals surface area contributed by atoms with Crippen LogP contribution in [0.25, 0.3) is 10.8 Å². The number of likely N-dealkylation sites (N-methyl/N-ethyl adjacent to an activating group) is 1. The summed E-state index contributed by atoms with van der Waals surface area (Å²) in [5, 5.41) is 0.462. The quantitative estimate of drug-likeness (QED) is 0.779. The van der Waals surface area contributed by atoms with Crippen LogP contribution < -0.4 is 0 Å². The van der Waals surface area contributed by atoms with E-state index in [4.69, 9.17) is 4.74 Å². The minimum atomic E-state index is -3.90. The van der Waals surface area contributed by atoms with Crippen LogP contribution in [0.5, 0.6) is 0 Å². The lowest BCUT2D eigenvalue weighted by atomic mass is 10.2. The number of hydrogen-bond donors (Lipinski definition) is 0. The first kappa shape index (κ1) is 18.7. The molecule has 1 fully saturated rings. The maximum Gasteiger partial charge on any atom is 0.248 e. The third-order valence-corrected chi connectivity index (χ3v) is 6.56. The van der Waals surface area contributed by atoms with Gasteiger partial charge in [-0.15, -0.1) is 0 Å². The summed E-state index contributed by atoms with van der Waals surface area (Å²) >= 11 is 0. The van der Waals surface area contributed by atoms with Crippen LogP contribution in [0.1, 0.15) is 6.42 Å². The molecule has 1 aliphatic heterocycles. The number of ether oxygens (including phenoxy) is 1. The van der Waals surface area contributed by atoms with Crippen molar-refractivity contribution in [3.05, 3.63) is 36.4 Å². The molecule has 0 aliphatic carbocycles. The smallest absolute Gasteiger partial charge is 0.248 e. The Bertz CT molecular complexity index is 929. The number of hydrogen-bond acceptors (Lipinski definition) is 5. The van der Waals surface area contributed by atoms with Gasteiger partial charge in [-0.3, -0.25) is 9.78 Å². The molecule has 0 radical (unpaired) electrons. The Kier molecular flexibility index (Phi) is 5.22. The molecular weight excluding hydrogens is 361 g/mol. The zero-order valence-corrected chi connectivity index (χ0v) is 15.4. The highest BCUT2D eigenvalue weighted by atomic mass is 32.2. The summed E-state index contributed by atoms with van der Waals surface area (Å²) < 4.78 is 46.5. The van der Waals surface area contributed by atoms with Crippen molar-refractivity contribution in [1.82, 2.24) is 14.2 Å². The fraction of sp³-hybridized carbons (Fsp3) is 0.412. The molecule has 0 bridgehead atoms. The summed E-state index contributed by atoms with van der Waals surface area (Å²) in [6.07, 6.45) is 2.95. The van der Waals surface area contributed by atoms with Crippen molar-refractivity contribution in [3.8, 4) is 0 Å². The number of rotatable bonds is 5. The average molecular weight is 381 g/mol. The number of halogens is 1. The Morgan fingerprint density at radius 1 is 1.42 bits per heavy atom. The molecule has 7 nitrogen and oxygen atoms in total. The number of benzene rings is 1. The van der Waals surface area contributed by atoms with Gasteiger partial charge in [0, 0.05) is 50.3 Å². The second-order valence-electron chi connectivity index (χ2n) is 6.22. The third-order valence-electron chi connectivity index (χ3n) is 4.65. The number of carbonyl (C=O) groups is 1. The average Bonchev–Trinajstić information content (AvgIpc) is 3.12. The fourth-order valence-electron chi connectivity index (χ4n) is 3.19. The fourth-order valence-corrected chi connectivity index (χ4v) is 4.90. The molecule has 2 heterocycles. The molecule has 0 N–H and O–H groups in total. The van der Waals surface area contributed by atoms with Crippen LogP contribution in [0.4, 0.5) is 4.39 Å². The number of pyridine rings is 1. The summed E-state index contributed by atoms with van der Waals surface area (Å²) in [6, 6.07) is 4.34. The normalized spacial score (nSPS) is 18.3. The second-order valence-corrected chi connectivity index (χ2v) is 8.13. The van der Waals surface area contributed by atoms with Gasteiger partial charge in [0.05, 0.1) is 11.1 Å². The maximum atomic E-state index is 14.2. The number of amides is 1. The standard InChI is InChI=1S/C17H20FN3O4S/c1-20(16(22)11-25-2)13-6-7-21(10-13)26(23,24)15-5-3-4-12-8-19-9-14(18)17(12)15/h3-5,8-9,13H,6-7,10-11H2,1-2H3/t13-/m1/s1. The van der Waals surface area contributed by atoms with E-state index in [9.17, 15) is 17.6 Å². The van der Waals surface area contributed by atoms with Crippen LogP contribution in [0.15, 0.2) is 35.5 Å².